The molecule has 7 fully saturated rings. The van der Waals surface area contributed by atoms with Crippen molar-refractivity contribution in [3.05, 3.63) is 304 Å². The average Bonchev–Trinajstić information content (AvgIpc) is 1.58. The molecule has 15 atom stereocenters. The van der Waals surface area contributed by atoms with Gasteiger partial charge in [-0.05, 0) is 340 Å². The second-order valence-corrected chi connectivity index (χ2v) is 100. The Morgan fingerprint density at radius 2 is 0.792 bits per heavy atom. The van der Waals surface area contributed by atoms with E-state index in [2.05, 4.69) is 326 Å². The van der Waals surface area contributed by atoms with E-state index >= 15 is 0 Å². The molecular weight excluding hydrogens is 1800 g/mol. The first kappa shape index (κ1) is 102. The molecule has 14 aliphatic rings. The fourth-order valence-electron chi connectivity index (χ4n) is 30.5. The van der Waals surface area contributed by atoms with E-state index in [1.807, 2.05) is 0 Å². The van der Waals surface area contributed by atoms with Gasteiger partial charge in [-0.15, -0.1) is 0 Å². The number of rotatable bonds is 13. The summed E-state index contributed by atoms with van der Waals surface area (Å²) >= 11 is 6.26. The minimum Gasteiger partial charge on any atom is 1.00 e. The van der Waals surface area contributed by atoms with Crippen LogP contribution in [0.25, 0.3) is 51.6 Å². The maximum absolute atomic E-state index is 7.08. The molecule has 0 radical (unpaired) electrons. The molecule has 684 valence electrons. The topological polar surface area (TPSA) is 0 Å². The molecule has 0 aliphatic heterocycles. The van der Waals surface area contributed by atoms with Gasteiger partial charge in [-0.1, -0.05) is 373 Å². The normalized spacial score (nSPS) is 26.8. The summed E-state index contributed by atoms with van der Waals surface area (Å²) in [5.74, 6) is 11.8. The van der Waals surface area contributed by atoms with Crippen LogP contribution >= 0.6 is 28.1 Å². The summed E-state index contributed by atoms with van der Waals surface area (Å²) in [6.07, 6.45) is 52.4. The molecule has 0 N–H and O–H groups in total. The van der Waals surface area contributed by atoms with E-state index in [9.17, 15) is 0 Å². The van der Waals surface area contributed by atoms with Gasteiger partial charge in [-0.3, -0.25) is 0 Å². The van der Waals surface area contributed by atoms with Gasteiger partial charge in [0.25, 0.3) is 0 Å². The van der Waals surface area contributed by atoms with Gasteiger partial charge in [0.1, 0.15) is 6.90 Å². The molecule has 0 amide bonds. The van der Waals surface area contributed by atoms with Crippen LogP contribution in [0.15, 0.2) is 211 Å². The van der Waals surface area contributed by atoms with E-state index < -0.39 is 65.7 Å². The van der Waals surface area contributed by atoms with Crippen molar-refractivity contribution in [3.8, 4) is 33.4 Å². The largest absolute Gasteiger partial charge is 1.00 e. The zero-order valence-corrected chi connectivity index (χ0v) is 94.6. The molecule has 8 aromatic rings. The van der Waals surface area contributed by atoms with Crippen molar-refractivity contribution in [2.24, 2.45) is 59.2 Å². The summed E-state index contributed by atoms with van der Waals surface area (Å²) < 4.78 is 0. The standard InChI is InChI=1S/C28H46Si2.C28H34Si2.C23H29ClSi2.C19H26.C19H18.2CH3.2ClH.Li.Zr/c2*1-20-18-25-26(28(20)30(4,5)29(2,3)23-15-9-10-16-23)19-22-14-11-17-24(22)27(25)21-12-7-6-8-13-21;1-16-14-20-21(23(16)25(2,3)26(4,5)24)15-18-12-9-13-19(18)22(20)17-10-7-6-8-11-17;2*1-13-10-16-12-15-8-5-9-17(15)19(18(16)11-13)14-6-3-2-4-7-14;;;;;;/h6-8,12-13,20,22-28H,9-11,14-19H2,1-5H3;6-10,12-13,15-16,18-19,23,28H,11,14,17H2,1-5H3;6-8,10-11,14-15,23H,9,12-13H2,1-5H3;2-4,6-7,13,15-19H,5,8-12H2,1H3;2-4,6-7,10,12H,5,8-9,11H2,1H3;2*1H3;2*1H;;/q;;;;;2*-1;;;+1;+4/p-2. The van der Waals surface area contributed by atoms with Crippen molar-refractivity contribution >= 4 is 91.2 Å². The molecule has 0 heterocycles. The van der Waals surface area contributed by atoms with E-state index in [4.69, 9.17) is 28.1 Å². The van der Waals surface area contributed by atoms with Gasteiger partial charge in [0, 0.05) is 15.2 Å². The van der Waals surface area contributed by atoms with E-state index in [0.29, 0.717) is 16.6 Å². The van der Waals surface area contributed by atoms with Crippen molar-refractivity contribution in [2.45, 2.75) is 313 Å². The van der Waals surface area contributed by atoms with E-state index in [1.165, 1.54) is 167 Å². The second-order valence-electron chi connectivity index (χ2n) is 46.3. The summed E-state index contributed by atoms with van der Waals surface area (Å²) in [6, 6.07) is 64.1. The second kappa shape index (κ2) is 42.4. The van der Waals surface area contributed by atoms with Gasteiger partial charge in [-0.2, -0.15) is 11.1 Å². The van der Waals surface area contributed by atoms with E-state index in [-0.39, 0.29) is 33.7 Å². The minimum absolute atomic E-state index is 0. The number of allylic oxidation sites excluding steroid dienone is 7. The first-order valence-corrected chi connectivity index (χ1v) is 79.5. The van der Waals surface area contributed by atoms with Crippen LogP contribution in [-0.2, 0) is 65.8 Å². The molecule has 130 heavy (non-hydrogen) atoms. The monoisotopic (exact) mass is 1960 g/mol. The van der Waals surface area contributed by atoms with Crippen LogP contribution in [0, 0.1) is 74.0 Å². The molecule has 14 aliphatic carbocycles. The van der Waals surface area contributed by atoms with Crippen molar-refractivity contribution in [1.82, 2.24) is 0 Å². The van der Waals surface area contributed by atoms with Crippen LogP contribution in [0.1, 0.15) is 251 Å². The van der Waals surface area contributed by atoms with Crippen molar-refractivity contribution < 1.29 is 39.7 Å². The van der Waals surface area contributed by atoms with Crippen molar-refractivity contribution in [2.75, 3.05) is 0 Å². The van der Waals surface area contributed by atoms with E-state index in [1.54, 1.807) is 115 Å². The fraction of sp³-hybridized carbons (Fsp3) is 0.496. The molecule has 11 heteroatoms. The Morgan fingerprint density at radius 3 is 1.26 bits per heavy atom. The average molecular weight is 1960 g/mol. The number of hydrogen-bond acceptors (Lipinski definition) is 0. The first-order chi connectivity index (χ1) is 60.9. The third-order valence-corrected chi connectivity index (χ3v) is 97.9. The number of fused-ring (bicyclic) bond motifs is 10. The zero-order valence-electron chi connectivity index (χ0n) is 83.8. The summed E-state index contributed by atoms with van der Waals surface area (Å²) in [7, 11) is 2.78. The molecule has 15 unspecified atom stereocenters. The molecule has 0 nitrogen and oxygen atoms in total. The van der Waals surface area contributed by atoms with Gasteiger partial charge in [0.15, 0.2) is 0 Å². The van der Waals surface area contributed by atoms with Gasteiger partial charge >= 0.3 is 56.7 Å². The Morgan fingerprint density at radius 1 is 0.369 bits per heavy atom. The Kier molecular flexibility index (Phi) is 33.3. The first-order valence-electron chi connectivity index (χ1n) is 50.8. The number of hydrogen-bond donors (Lipinski definition) is 0. The Balaban J connectivity index is 0.000000131. The fourth-order valence-corrected chi connectivity index (χ4v) is 64.1. The van der Waals surface area contributed by atoms with Crippen LogP contribution in [0.5, 0.6) is 0 Å². The maximum Gasteiger partial charge on any atom is 1.00 e. The molecule has 0 aromatic heterocycles. The quantitative estimate of drug-likeness (QED) is 0.0613. The van der Waals surface area contributed by atoms with Gasteiger partial charge < -0.3 is 14.9 Å². The summed E-state index contributed by atoms with van der Waals surface area (Å²) in [6.45, 7) is 42.5. The van der Waals surface area contributed by atoms with Crippen molar-refractivity contribution in [3.63, 3.8) is 0 Å². The number of halogens is 3. The Bertz CT molecular complexity index is 5370. The SMILES string of the molecule is CC1=Cc2c(cc3c(c2-c2ccccc2)CCC3)C1[Si](C)(C)[Si](C)(C)C1C=CC=C1.CC1=Cc2c(cc3c(c2-c2ccccc2)CCC3)C1[Si](C)(C)[Si](C)(C)Cl.CC1=Cc2cc3c(c(-c4ccccc4)c2C1)CCC3.CC1CC2C(CC3CCCC3C2c2ccccc2)C1[Si](C)(C)[Si](C)(C)C1CCCC1.CC1CC2CC3CCCC3C(c3ccccc3)C2C1.[CH3-].[CH3-].[Cl][Zr+2][Cl].[Li+]. The van der Waals surface area contributed by atoms with Crippen LogP contribution in [0.3, 0.4) is 0 Å². The van der Waals surface area contributed by atoms with Gasteiger partial charge in [0.2, 0.25) is 0 Å². The molecule has 7 saturated carbocycles. The van der Waals surface area contributed by atoms with E-state index in [0.717, 1.165) is 88.5 Å². The maximum atomic E-state index is 7.08. The molecule has 8 aromatic carbocycles. The molecular formula is C119H159Cl3LiSi6Zr+. The van der Waals surface area contributed by atoms with Crippen LogP contribution in [0.2, 0.25) is 95.2 Å². The molecule has 0 spiro atoms. The third kappa shape index (κ3) is 19.7. The third-order valence-electron chi connectivity index (χ3n) is 38.0. The minimum atomic E-state index is -1.71. The van der Waals surface area contributed by atoms with Gasteiger partial charge in [0.05, 0.1) is 22.8 Å². The van der Waals surface area contributed by atoms with Crippen molar-refractivity contribution in [1.29, 1.82) is 0 Å². The molecule has 0 saturated heterocycles. The predicted molar refractivity (Wildman–Crippen MR) is 581 cm³/mol. The van der Waals surface area contributed by atoms with Crippen LogP contribution in [0.4, 0.5) is 0 Å². The van der Waals surface area contributed by atoms with Crippen LogP contribution < -0.4 is 18.9 Å². The summed E-state index contributed by atoms with van der Waals surface area (Å²) in [4.78, 5) is 0. The zero-order chi connectivity index (χ0) is 89.2. The molecule has 22 rings (SSSR count). The Hall–Kier alpha value is -3.89. The van der Waals surface area contributed by atoms with Crippen LogP contribution in [-0.4, -0.2) is 44.9 Å². The summed E-state index contributed by atoms with van der Waals surface area (Å²) in [5, 5.41) is 0. The Labute approximate surface area is 832 Å². The smallest absolute Gasteiger partial charge is 1.00 e. The number of aryl methyl sites for hydroxylation is 3. The molecule has 0 bridgehead atoms. The number of benzene rings is 8. The predicted octanol–water partition coefficient (Wildman–Crippen LogP) is 33.0. The summed E-state index contributed by atoms with van der Waals surface area (Å²) in [5.41, 5.74) is 39.9. The van der Waals surface area contributed by atoms with Gasteiger partial charge in [-0.25, -0.2) is 0 Å².